The third kappa shape index (κ3) is 4.12. The van der Waals surface area contributed by atoms with Crippen molar-refractivity contribution in [3.8, 4) is 5.75 Å². The van der Waals surface area contributed by atoms with Gasteiger partial charge in [-0.1, -0.05) is 47.6 Å². The summed E-state index contributed by atoms with van der Waals surface area (Å²) in [6, 6.07) is 12.1. The van der Waals surface area contributed by atoms with E-state index in [0.717, 1.165) is 5.56 Å². The van der Waals surface area contributed by atoms with Crippen LogP contribution in [0.3, 0.4) is 0 Å². The summed E-state index contributed by atoms with van der Waals surface area (Å²) in [6.07, 6.45) is 0. The molecule has 0 aliphatic heterocycles. The molecule has 2 aromatic heterocycles. The second-order valence-corrected chi connectivity index (χ2v) is 8.53. The average molecular weight is 473 g/mol. The minimum Gasteiger partial charge on any atom is -0.496 e. The monoisotopic (exact) mass is 472 g/mol. The maximum absolute atomic E-state index is 14.3. The first-order valence-corrected chi connectivity index (χ1v) is 11.5. The number of aromatic nitrogens is 4. The molecule has 32 heavy (non-hydrogen) atoms. The Kier molecular flexibility index (Phi) is 6.53. The maximum atomic E-state index is 14.3. The second-order valence-electron chi connectivity index (χ2n) is 7.18. The Morgan fingerprint density at radius 3 is 2.69 bits per heavy atom. The van der Waals surface area contributed by atoms with Crippen molar-refractivity contribution in [2.45, 2.75) is 37.8 Å². The van der Waals surface area contributed by atoms with E-state index in [0.29, 0.717) is 44.8 Å². The molecule has 0 N–H and O–H groups in total. The highest BCUT2D eigenvalue weighted by Gasteiger charge is 2.20. The summed E-state index contributed by atoms with van der Waals surface area (Å²) in [5.41, 5.74) is 2.68. The number of nitrogens with zero attached hydrogens (tertiary/aromatic N) is 4. The Morgan fingerprint density at radius 1 is 1.19 bits per heavy atom. The molecular weight excluding hydrogens is 451 g/mol. The number of para-hydroxylation sites is 1. The van der Waals surface area contributed by atoms with Gasteiger partial charge in [0, 0.05) is 28.4 Å². The van der Waals surface area contributed by atoms with Gasteiger partial charge < -0.3 is 4.74 Å². The second kappa shape index (κ2) is 9.34. The van der Waals surface area contributed by atoms with Crippen LogP contribution >= 0.6 is 23.4 Å². The average Bonchev–Trinajstić information content (AvgIpc) is 3.11. The van der Waals surface area contributed by atoms with E-state index in [-0.39, 0.29) is 23.7 Å². The zero-order valence-electron chi connectivity index (χ0n) is 17.9. The zero-order valence-corrected chi connectivity index (χ0v) is 19.5. The number of hydrogen-bond acceptors (Lipinski definition) is 5. The molecule has 0 aliphatic carbocycles. The minimum absolute atomic E-state index is 0.203. The van der Waals surface area contributed by atoms with Crippen LogP contribution in [0.15, 0.2) is 52.4 Å². The Labute approximate surface area is 194 Å². The summed E-state index contributed by atoms with van der Waals surface area (Å²) in [5.74, 6) is 0.517. The fraction of sp³-hybridized carbons (Fsp3) is 0.261. The van der Waals surface area contributed by atoms with Gasteiger partial charge in [-0.25, -0.2) is 9.37 Å². The number of halogens is 2. The number of aryl methyl sites for hydroxylation is 2. The number of benzene rings is 2. The van der Waals surface area contributed by atoms with Crippen LogP contribution in [0.5, 0.6) is 5.75 Å². The predicted octanol–water partition coefficient (Wildman–Crippen LogP) is 5.06. The van der Waals surface area contributed by atoms with Gasteiger partial charge in [0.05, 0.1) is 19.3 Å². The minimum atomic E-state index is -0.389. The summed E-state index contributed by atoms with van der Waals surface area (Å²) in [6.45, 7) is 4.56. The Morgan fingerprint density at radius 2 is 1.97 bits per heavy atom. The van der Waals surface area contributed by atoms with Crippen molar-refractivity contribution in [2.75, 3.05) is 7.11 Å². The lowest BCUT2D eigenvalue weighted by Gasteiger charge is -2.15. The molecule has 0 saturated carbocycles. The third-order valence-corrected chi connectivity index (χ3v) is 6.57. The van der Waals surface area contributed by atoms with Crippen molar-refractivity contribution in [3.63, 3.8) is 0 Å². The van der Waals surface area contributed by atoms with Gasteiger partial charge >= 0.3 is 0 Å². The number of rotatable bonds is 7. The number of hydrogen-bond donors (Lipinski definition) is 0. The number of thioether (sulfide) groups is 1. The molecule has 0 unspecified atom stereocenters. The largest absolute Gasteiger partial charge is 0.496 e. The molecule has 0 radical (unpaired) electrons. The maximum Gasteiger partial charge on any atom is 0.280 e. The molecule has 2 aromatic carbocycles. The summed E-state index contributed by atoms with van der Waals surface area (Å²) in [4.78, 5) is 18.4. The van der Waals surface area contributed by atoms with E-state index in [2.05, 4.69) is 5.10 Å². The van der Waals surface area contributed by atoms with Gasteiger partial charge in [0.15, 0.2) is 10.7 Å². The van der Waals surface area contributed by atoms with E-state index in [4.69, 9.17) is 21.3 Å². The smallest absolute Gasteiger partial charge is 0.280 e. The highest BCUT2D eigenvalue weighted by molar-refractivity contribution is 7.98. The van der Waals surface area contributed by atoms with Gasteiger partial charge in [-0.2, -0.15) is 5.10 Å². The molecule has 166 valence electrons. The first kappa shape index (κ1) is 22.4. The molecule has 0 bridgehead atoms. The van der Waals surface area contributed by atoms with E-state index in [1.54, 1.807) is 28.5 Å². The summed E-state index contributed by atoms with van der Waals surface area (Å²) in [5, 5.41) is 5.27. The molecular formula is C23H22ClFN4O2S. The Hall–Kier alpha value is -2.84. The van der Waals surface area contributed by atoms with Gasteiger partial charge in [0.25, 0.3) is 5.56 Å². The fourth-order valence-electron chi connectivity index (χ4n) is 3.58. The predicted molar refractivity (Wildman–Crippen MR) is 125 cm³/mol. The summed E-state index contributed by atoms with van der Waals surface area (Å²) >= 11 is 7.47. The molecule has 4 aromatic rings. The van der Waals surface area contributed by atoms with Crippen molar-refractivity contribution < 1.29 is 9.13 Å². The first-order chi connectivity index (χ1) is 15.4. The van der Waals surface area contributed by atoms with Crippen LogP contribution in [-0.4, -0.2) is 26.4 Å². The lowest BCUT2D eigenvalue weighted by molar-refractivity contribution is 0.407. The van der Waals surface area contributed by atoms with Crippen LogP contribution < -0.4 is 10.3 Å². The normalized spacial score (nSPS) is 11.3. The van der Waals surface area contributed by atoms with Crippen LogP contribution in [0.4, 0.5) is 4.39 Å². The number of fused-ring (bicyclic) bond motifs is 1. The Balaban J connectivity index is 1.85. The van der Waals surface area contributed by atoms with Crippen LogP contribution in [0.25, 0.3) is 11.0 Å². The van der Waals surface area contributed by atoms with Crippen LogP contribution in [0.2, 0.25) is 5.02 Å². The SMILES string of the molecule is CCn1nc(C)c2nc(SCc3c(F)cccc3Cl)n(Cc3ccccc3OC)c(=O)c21. The van der Waals surface area contributed by atoms with E-state index in [9.17, 15) is 9.18 Å². The lowest BCUT2D eigenvalue weighted by atomic mass is 10.2. The molecule has 0 spiro atoms. The zero-order chi connectivity index (χ0) is 22.8. The first-order valence-electron chi connectivity index (χ1n) is 10.1. The molecule has 4 rings (SSSR count). The molecule has 2 heterocycles. The van der Waals surface area contributed by atoms with Crippen LogP contribution in [0.1, 0.15) is 23.7 Å². The third-order valence-electron chi connectivity index (χ3n) is 5.21. The van der Waals surface area contributed by atoms with Gasteiger partial charge in [-0.3, -0.25) is 14.0 Å². The highest BCUT2D eigenvalue weighted by atomic mass is 35.5. The van der Waals surface area contributed by atoms with Crippen molar-refractivity contribution in [1.82, 2.24) is 19.3 Å². The fourth-order valence-corrected chi connectivity index (χ4v) is 4.91. The molecule has 0 atom stereocenters. The molecule has 0 fully saturated rings. The molecule has 0 saturated heterocycles. The highest BCUT2D eigenvalue weighted by Crippen LogP contribution is 2.29. The molecule has 0 amide bonds. The van der Waals surface area contributed by atoms with E-state index < -0.39 is 0 Å². The lowest BCUT2D eigenvalue weighted by Crippen LogP contribution is -2.26. The van der Waals surface area contributed by atoms with Crippen molar-refractivity contribution in [2.24, 2.45) is 0 Å². The number of ether oxygens (including phenoxy) is 1. The topological polar surface area (TPSA) is 61.9 Å². The van der Waals surface area contributed by atoms with Crippen LogP contribution in [-0.2, 0) is 18.8 Å². The quantitative estimate of drug-likeness (QED) is 0.278. The summed E-state index contributed by atoms with van der Waals surface area (Å²) < 4.78 is 23.1. The Bertz CT molecular complexity index is 1330. The standard InChI is InChI=1S/C23H22ClFN4O2S/c1-4-29-21-20(14(2)27-29)26-23(32-13-16-17(24)9-7-10-18(16)25)28(22(21)30)12-15-8-5-6-11-19(15)31-3/h5-11H,4,12-13H2,1-3H3. The van der Waals surface area contributed by atoms with Gasteiger partial charge in [0.1, 0.15) is 17.1 Å². The number of methoxy groups -OCH3 is 1. The molecule has 9 heteroatoms. The van der Waals surface area contributed by atoms with E-state index >= 15 is 0 Å². The molecule has 0 aliphatic rings. The van der Waals surface area contributed by atoms with Crippen molar-refractivity contribution in [1.29, 1.82) is 0 Å². The van der Waals surface area contributed by atoms with E-state index in [1.807, 2.05) is 38.1 Å². The van der Waals surface area contributed by atoms with Crippen molar-refractivity contribution in [3.05, 3.63) is 80.5 Å². The molecule has 6 nitrogen and oxygen atoms in total. The van der Waals surface area contributed by atoms with Gasteiger partial charge in [-0.05, 0) is 32.0 Å². The van der Waals surface area contributed by atoms with Gasteiger partial charge in [-0.15, -0.1) is 0 Å². The van der Waals surface area contributed by atoms with Crippen molar-refractivity contribution >= 4 is 34.4 Å². The summed E-state index contributed by atoms with van der Waals surface area (Å²) in [7, 11) is 1.59. The van der Waals surface area contributed by atoms with E-state index in [1.165, 1.54) is 17.8 Å². The van der Waals surface area contributed by atoms with Gasteiger partial charge in [0.2, 0.25) is 0 Å². The van der Waals surface area contributed by atoms with Crippen LogP contribution in [0, 0.1) is 12.7 Å².